The van der Waals surface area contributed by atoms with Crippen molar-refractivity contribution in [1.82, 2.24) is 4.90 Å². The third-order valence-electron chi connectivity index (χ3n) is 4.31. The Morgan fingerprint density at radius 3 is 2.62 bits per heavy atom. The fourth-order valence-electron chi connectivity index (χ4n) is 3.20. The molecule has 2 aromatic rings. The summed E-state index contributed by atoms with van der Waals surface area (Å²) in [4.78, 5) is 2.53. The molecule has 108 valence electrons. The van der Waals surface area contributed by atoms with Gasteiger partial charge in [-0.05, 0) is 44.1 Å². The summed E-state index contributed by atoms with van der Waals surface area (Å²) < 4.78 is 6.16. The van der Waals surface area contributed by atoms with Crippen LogP contribution in [0.5, 0.6) is 11.5 Å². The maximum Gasteiger partial charge on any atom is 0.155 e. The Balaban J connectivity index is 1.63. The average Bonchev–Trinajstić information content (AvgIpc) is 2.54. The summed E-state index contributed by atoms with van der Waals surface area (Å²) in [6.07, 6.45) is 4.00. The quantitative estimate of drug-likeness (QED) is 0.747. The first-order valence-corrected chi connectivity index (χ1v) is 7.78. The number of fused-ring (bicyclic) bond motifs is 2. The molecule has 0 aromatic heterocycles. The summed E-state index contributed by atoms with van der Waals surface area (Å²) >= 11 is 0. The number of likely N-dealkylation sites (tertiary alicyclic amines) is 1. The Morgan fingerprint density at radius 1 is 0.905 bits per heavy atom. The first-order valence-electron chi connectivity index (χ1n) is 7.78. The number of anilines is 2. The average molecular weight is 280 g/mol. The largest absolute Gasteiger partial charge is 0.453 e. The molecular formula is C18H20N2O. The second kappa shape index (κ2) is 5.41. The van der Waals surface area contributed by atoms with E-state index >= 15 is 0 Å². The van der Waals surface area contributed by atoms with Crippen molar-refractivity contribution >= 4 is 11.4 Å². The van der Waals surface area contributed by atoms with Gasteiger partial charge in [0.05, 0.1) is 11.4 Å². The van der Waals surface area contributed by atoms with E-state index in [0.29, 0.717) is 0 Å². The van der Waals surface area contributed by atoms with Gasteiger partial charge in [-0.3, -0.25) is 4.90 Å². The lowest BCUT2D eigenvalue weighted by atomic mass is 10.1. The molecule has 2 aliphatic heterocycles. The van der Waals surface area contributed by atoms with Gasteiger partial charge in [0.1, 0.15) is 0 Å². The molecule has 21 heavy (non-hydrogen) atoms. The molecule has 0 spiro atoms. The number of hydrogen-bond donors (Lipinski definition) is 1. The van der Waals surface area contributed by atoms with Crippen molar-refractivity contribution in [3.05, 3.63) is 48.0 Å². The van der Waals surface area contributed by atoms with E-state index in [0.717, 1.165) is 29.4 Å². The van der Waals surface area contributed by atoms with Gasteiger partial charge in [-0.15, -0.1) is 0 Å². The van der Waals surface area contributed by atoms with Crippen LogP contribution in [-0.2, 0) is 6.54 Å². The summed E-state index contributed by atoms with van der Waals surface area (Å²) in [5.74, 6) is 1.90. The zero-order valence-electron chi connectivity index (χ0n) is 12.1. The van der Waals surface area contributed by atoms with Crippen LogP contribution >= 0.6 is 0 Å². The highest BCUT2D eigenvalue weighted by Gasteiger charge is 2.20. The number of para-hydroxylation sites is 3. The predicted octanol–water partition coefficient (Wildman–Crippen LogP) is 4.52. The fraction of sp³-hybridized carbons (Fsp3) is 0.333. The zero-order chi connectivity index (χ0) is 14.1. The van der Waals surface area contributed by atoms with Crippen LogP contribution in [0.25, 0.3) is 0 Å². The number of ether oxygens (including phenoxy) is 1. The summed E-state index contributed by atoms with van der Waals surface area (Å²) in [7, 11) is 0. The molecule has 2 heterocycles. The van der Waals surface area contributed by atoms with Gasteiger partial charge in [-0.1, -0.05) is 30.7 Å². The van der Waals surface area contributed by atoms with Crippen LogP contribution in [0.4, 0.5) is 11.4 Å². The molecule has 4 rings (SSSR count). The van der Waals surface area contributed by atoms with Crippen molar-refractivity contribution in [1.29, 1.82) is 0 Å². The molecule has 1 N–H and O–H groups in total. The van der Waals surface area contributed by atoms with Crippen LogP contribution in [0.15, 0.2) is 42.5 Å². The summed E-state index contributed by atoms with van der Waals surface area (Å²) in [5, 5.41) is 3.47. The van der Waals surface area contributed by atoms with Crippen molar-refractivity contribution in [2.24, 2.45) is 0 Å². The lowest BCUT2D eigenvalue weighted by Crippen LogP contribution is -2.29. The number of nitrogens with one attached hydrogen (secondary N) is 1. The highest BCUT2D eigenvalue weighted by molar-refractivity contribution is 5.76. The van der Waals surface area contributed by atoms with Gasteiger partial charge >= 0.3 is 0 Å². The van der Waals surface area contributed by atoms with E-state index in [-0.39, 0.29) is 0 Å². The molecule has 3 nitrogen and oxygen atoms in total. The number of nitrogens with zero attached hydrogens (tertiary/aromatic N) is 1. The van der Waals surface area contributed by atoms with Gasteiger partial charge in [0, 0.05) is 12.1 Å². The van der Waals surface area contributed by atoms with Crippen LogP contribution in [0.1, 0.15) is 24.8 Å². The van der Waals surface area contributed by atoms with E-state index in [1.807, 2.05) is 18.2 Å². The van der Waals surface area contributed by atoms with Gasteiger partial charge in [0.15, 0.2) is 11.5 Å². The number of benzene rings is 2. The molecule has 0 unspecified atom stereocenters. The monoisotopic (exact) mass is 280 g/mol. The Morgan fingerprint density at radius 2 is 1.71 bits per heavy atom. The van der Waals surface area contributed by atoms with Gasteiger partial charge in [-0.2, -0.15) is 0 Å². The smallest absolute Gasteiger partial charge is 0.155 e. The summed E-state index contributed by atoms with van der Waals surface area (Å²) in [6, 6.07) is 14.5. The van der Waals surface area contributed by atoms with Gasteiger partial charge in [-0.25, -0.2) is 0 Å². The number of rotatable bonds is 2. The van der Waals surface area contributed by atoms with E-state index in [4.69, 9.17) is 4.74 Å². The third-order valence-corrected chi connectivity index (χ3v) is 4.31. The highest BCUT2D eigenvalue weighted by Crippen LogP contribution is 2.43. The van der Waals surface area contributed by atoms with Gasteiger partial charge < -0.3 is 10.1 Å². The molecule has 1 saturated heterocycles. The standard InChI is InChI=1S/C18H20N2O/c1-4-11-20(12-5-1)13-14-7-6-9-16-18(14)21-17-10-3-2-8-15(17)19-16/h2-3,6-10,19H,1,4-5,11-13H2. The fourth-order valence-corrected chi connectivity index (χ4v) is 3.20. The molecule has 1 fully saturated rings. The summed E-state index contributed by atoms with van der Waals surface area (Å²) in [5.41, 5.74) is 3.39. The Hall–Kier alpha value is -2.00. The van der Waals surface area contributed by atoms with Crippen LogP contribution < -0.4 is 10.1 Å². The van der Waals surface area contributed by atoms with E-state index in [1.165, 1.54) is 37.9 Å². The van der Waals surface area contributed by atoms with E-state index in [2.05, 4.69) is 34.5 Å². The predicted molar refractivity (Wildman–Crippen MR) is 85.4 cm³/mol. The lowest BCUT2D eigenvalue weighted by molar-refractivity contribution is 0.219. The van der Waals surface area contributed by atoms with Gasteiger partial charge in [0.25, 0.3) is 0 Å². The maximum absolute atomic E-state index is 6.16. The third kappa shape index (κ3) is 2.49. The molecular weight excluding hydrogens is 260 g/mol. The minimum atomic E-state index is 0.913. The van der Waals surface area contributed by atoms with Crippen molar-refractivity contribution in [3.8, 4) is 11.5 Å². The molecule has 0 atom stereocenters. The van der Waals surface area contributed by atoms with Crippen molar-refractivity contribution in [2.75, 3.05) is 18.4 Å². The van der Waals surface area contributed by atoms with Crippen molar-refractivity contribution < 1.29 is 4.74 Å². The van der Waals surface area contributed by atoms with Crippen LogP contribution in [-0.4, -0.2) is 18.0 Å². The molecule has 0 amide bonds. The van der Waals surface area contributed by atoms with Gasteiger partial charge in [0.2, 0.25) is 0 Å². The van der Waals surface area contributed by atoms with Crippen LogP contribution in [0, 0.1) is 0 Å². The Bertz CT molecular complexity index is 647. The normalized spacial score (nSPS) is 17.3. The lowest BCUT2D eigenvalue weighted by Gasteiger charge is -2.29. The molecule has 0 radical (unpaired) electrons. The maximum atomic E-state index is 6.16. The van der Waals surface area contributed by atoms with Crippen LogP contribution in [0.2, 0.25) is 0 Å². The first kappa shape index (κ1) is 12.7. The molecule has 2 aromatic carbocycles. The summed E-state index contributed by atoms with van der Waals surface area (Å²) in [6.45, 7) is 3.38. The highest BCUT2D eigenvalue weighted by atomic mass is 16.5. The zero-order valence-corrected chi connectivity index (χ0v) is 12.1. The van der Waals surface area contributed by atoms with Crippen LogP contribution in [0.3, 0.4) is 0 Å². The molecule has 0 saturated carbocycles. The second-order valence-electron chi connectivity index (χ2n) is 5.85. The molecule has 0 bridgehead atoms. The van der Waals surface area contributed by atoms with Crippen molar-refractivity contribution in [3.63, 3.8) is 0 Å². The SMILES string of the molecule is c1ccc2c(c1)Nc1cccc(CN3CCCCC3)c1O2. The topological polar surface area (TPSA) is 24.5 Å². The minimum absolute atomic E-state index is 0.913. The first-order chi connectivity index (χ1) is 10.4. The molecule has 2 aliphatic rings. The Labute approximate surface area is 125 Å². The van der Waals surface area contributed by atoms with Crippen molar-refractivity contribution in [2.45, 2.75) is 25.8 Å². The number of piperidine rings is 1. The minimum Gasteiger partial charge on any atom is -0.453 e. The molecule has 0 aliphatic carbocycles. The van der Waals surface area contributed by atoms with E-state index in [9.17, 15) is 0 Å². The molecule has 3 heteroatoms. The number of hydrogen-bond acceptors (Lipinski definition) is 3. The second-order valence-corrected chi connectivity index (χ2v) is 5.85. The Kier molecular flexibility index (Phi) is 3.28. The van der Waals surface area contributed by atoms with E-state index < -0.39 is 0 Å². The van der Waals surface area contributed by atoms with E-state index in [1.54, 1.807) is 0 Å².